The molecule has 118 valence electrons. The Hall–Kier alpha value is -1.46. The topological polar surface area (TPSA) is 53.4 Å². The molecule has 4 nitrogen and oxygen atoms in total. The Morgan fingerprint density at radius 2 is 2.27 bits per heavy atom. The number of benzene rings is 1. The summed E-state index contributed by atoms with van der Waals surface area (Å²) in [7, 11) is 0. The maximum atomic E-state index is 12.5. The predicted octanol–water partition coefficient (Wildman–Crippen LogP) is 2.99. The molecule has 1 aliphatic rings. The number of aliphatic hydroxyl groups excluding tert-OH is 1. The number of nitrogens with zero attached hydrogens (tertiary/aromatic N) is 2. The van der Waals surface area contributed by atoms with E-state index in [1.807, 2.05) is 23.1 Å². The summed E-state index contributed by atoms with van der Waals surface area (Å²) in [5.74, 6) is 0.143. The van der Waals surface area contributed by atoms with Gasteiger partial charge in [-0.25, -0.2) is 4.98 Å². The van der Waals surface area contributed by atoms with Crippen LogP contribution >= 0.6 is 11.3 Å². The van der Waals surface area contributed by atoms with Gasteiger partial charge >= 0.3 is 0 Å². The van der Waals surface area contributed by atoms with Crippen molar-refractivity contribution in [3.05, 3.63) is 29.3 Å². The largest absolute Gasteiger partial charge is 0.391 e. The predicted molar refractivity (Wildman–Crippen MR) is 89.0 cm³/mol. The smallest absolute Gasteiger partial charge is 0.223 e. The Labute approximate surface area is 134 Å². The number of carbonyl (C=O) groups excluding carboxylic acids is 1. The standard InChI is InChI=1S/C17H22N2O2S/c1-12(20)14-7-4-5-11-19(14)17(21)10-9-16-18-13-6-2-3-8-15(13)22-16/h2-3,6,8,12,14,20H,4-5,7,9-11H2,1H3. The van der Waals surface area contributed by atoms with Crippen LogP contribution in [0.5, 0.6) is 0 Å². The summed E-state index contributed by atoms with van der Waals surface area (Å²) in [5.41, 5.74) is 1.01. The fourth-order valence-corrected chi connectivity index (χ4v) is 4.12. The first-order valence-electron chi connectivity index (χ1n) is 7.97. The Morgan fingerprint density at radius 3 is 3.05 bits per heavy atom. The summed E-state index contributed by atoms with van der Waals surface area (Å²) in [6, 6.07) is 8.04. The lowest BCUT2D eigenvalue weighted by atomic mass is 9.97. The zero-order valence-corrected chi connectivity index (χ0v) is 13.7. The summed E-state index contributed by atoms with van der Waals surface area (Å²) in [6.45, 7) is 2.55. The SMILES string of the molecule is CC(O)C1CCCCN1C(=O)CCc1nc2ccccc2s1. The van der Waals surface area contributed by atoms with Crippen LogP contribution in [0.2, 0.25) is 0 Å². The van der Waals surface area contributed by atoms with Crippen LogP contribution in [0.1, 0.15) is 37.6 Å². The fraction of sp³-hybridized carbons (Fsp3) is 0.529. The van der Waals surface area contributed by atoms with Crippen molar-refractivity contribution in [1.82, 2.24) is 9.88 Å². The van der Waals surface area contributed by atoms with Crippen molar-refractivity contribution in [2.45, 2.75) is 51.2 Å². The van der Waals surface area contributed by atoms with E-state index in [1.54, 1.807) is 18.3 Å². The van der Waals surface area contributed by atoms with Gasteiger partial charge in [-0.3, -0.25) is 4.79 Å². The highest BCUT2D eigenvalue weighted by molar-refractivity contribution is 7.18. The van der Waals surface area contributed by atoms with Gasteiger partial charge in [0.05, 0.1) is 27.4 Å². The molecule has 0 aliphatic carbocycles. The fourth-order valence-electron chi connectivity index (χ4n) is 3.15. The number of fused-ring (bicyclic) bond motifs is 1. The number of likely N-dealkylation sites (tertiary alicyclic amines) is 1. The van der Waals surface area contributed by atoms with Crippen LogP contribution < -0.4 is 0 Å². The number of rotatable bonds is 4. The summed E-state index contributed by atoms with van der Waals surface area (Å²) in [6.07, 6.45) is 3.74. The molecule has 1 aromatic heterocycles. The van der Waals surface area contributed by atoms with E-state index in [4.69, 9.17) is 0 Å². The molecule has 2 atom stereocenters. The Kier molecular flexibility index (Phi) is 4.74. The molecule has 22 heavy (non-hydrogen) atoms. The third kappa shape index (κ3) is 3.31. The third-order valence-corrected chi connectivity index (χ3v) is 5.41. The van der Waals surface area contributed by atoms with Gasteiger partial charge in [-0.15, -0.1) is 11.3 Å². The molecule has 0 saturated carbocycles. The minimum atomic E-state index is -0.452. The lowest BCUT2D eigenvalue weighted by molar-refractivity contribution is -0.137. The van der Waals surface area contributed by atoms with E-state index in [2.05, 4.69) is 11.1 Å². The average molecular weight is 318 g/mol. The van der Waals surface area contributed by atoms with Crippen LogP contribution in [0, 0.1) is 0 Å². The number of piperidine rings is 1. The van der Waals surface area contributed by atoms with E-state index in [-0.39, 0.29) is 11.9 Å². The number of hydrogen-bond acceptors (Lipinski definition) is 4. The number of aryl methyl sites for hydroxylation is 1. The van der Waals surface area contributed by atoms with Crippen LogP contribution in [0.15, 0.2) is 24.3 Å². The van der Waals surface area contributed by atoms with Crippen LogP contribution in [0.3, 0.4) is 0 Å². The molecule has 1 fully saturated rings. The molecule has 0 spiro atoms. The molecule has 1 aliphatic heterocycles. The van der Waals surface area contributed by atoms with Crippen LogP contribution in [-0.4, -0.2) is 39.6 Å². The van der Waals surface area contributed by atoms with Crippen LogP contribution in [0.4, 0.5) is 0 Å². The van der Waals surface area contributed by atoms with E-state index >= 15 is 0 Å². The summed E-state index contributed by atoms with van der Waals surface area (Å²) in [5, 5.41) is 10.9. The lowest BCUT2D eigenvalue weighted by Gasteiger charge is -2.37. The lowest BCUT2D eigenvalue weighted by Crippen LogP contribution is -2.48. The number of carbonyl (C=O) groups is 1. The first-order chi connectivity index (χ1) is 10.6. The maximum absolute atomic E-state index is 12.5. The molecule has 3 rings (SSSR count). The van der Waals surface area contributed by atoms with Crippen molar-refractivity contribution < 1.29 is 9.90 Å². The zero-order valence-electron chi connectivity index (χ0n) is 12.9. The Balaban J connectivity index is 1.63. The zero-order chi connectivity index (χ0) is 15.5. The minimum Gasteiger partial charge on any atom is -0.391 e. The van der Waals surface area contributed by atoms with Gasteiger partial charge < -0.3 is 10.0 Å². The van der Waals surface area contributed by atoms with Gasteiger partial charge in [-0.05, 0) is 38.3 Å². The van der Waals surface area contributed by atoms with Gasteiger partial charge in [0, 0.05) is 19.4 Å². The first kappa shape index (κ1) is 15.4. The molecule has 1 saturated heterocycles. The van der Waals surface area contributed by atoms with E-state index < -0.39 is 6.10 Å². The molecular formula is C17H22N2O2S. The summed E-state index contributed by atoms with van der Waals surface area (Å²) >= 11 is 1.66. The van der Waals surface area contributed by atoms with Gasteiger partial charge in [0.1, 0.15) is 0 Å². The van der Waals surface area contributed by atoms with E-state index in [0.717, 1.165) is 36.3 Å². The normalized spacial score (nSPS) is 20.3. The highest BCUT2D eigenvalue weighted by Crippen LogP contribution is 2.24. The molecule has 1 N–H and O–H groups in total. The van der Waals surface area contributed by atoms with Crippen molar-refractivity contribution in [1.29, 1.82) is 0 Å². The van der Waals surface area contributed by atoms with E-state index in [0.29, 0.717) is 12.8 Å². The highest BCUT2D eigenvalue weighted by Gasteiger charge is 2.29. The number of amides is 1. The molecule has 2 heterocycles. The first-order valence-corrected chi connectivity index (χ1v) is 8.79. The number of hydrogen-bond donors (Lipinski definition) is 1. The van der Waals surface area contributed by atoms with Crippen LogP contribution in [0.25, 0.3) is 10.2 Å². The summed E-state index contributed by atoms with van der Waals surface area (Å²) in [4.78, 5) is 19.0. The van der Waals surface area contributed by atoms with Crippen LogP contribution in [-0.2, 0) is 11.2 Å². The van der Waals surface area contributed by atoms with Gasteiger partial charge in [0.25, 0.3) is 0 Å². The quantitative estimate of drug-likeness (QED) is 0.943. The van der Waals surface area contributed by atoms with Crippen molar-refractivity contribution in [2.24, 2.45) is 0 Å². The van der Waals surface area contributed by atoms with E-state index in [9.17, 15) is 9.90 Å². The number of thiazole rings is 1. The van der Waals surface area contributed by atoms with Crippen molar-refractivity contribution in [3.8, 4) is 0 Å². The van der Waals surface area contributed by atoms with Gasteiger partial charge in [-0.2, -0.15) is 0 Å². The number of aromatic nitrogens is 1. The van der Waals surface area contributed by atoms with Gasteiger partial charge in [-0.1, -0.05) is 12.1 Å². The van der Waals surface area contributed by atoms with Crippen molar-refractivity contribution in [3.63, 3.8) is 0 Å². The minimum absolute atomic E-state index is 0.0170. The molecule has 2 unspecified atom stereocenters. The maximum Gasteiger partial charge on any atom is 0.223 e. The Morgan fingerprint density at radius 1 is 1.45 bits per heavy atom. The second kappa shape index (κ2) is 6.75. The molecule has 5 heteroatoms. The second-order valence-corrected chi connectivity index (χ2v) is 7.08. The van der Waals surface area contributed by atoms with E-state index in [1.165, 1.54) is 4.70 Å². The van der Waals surface area contributed by atoms with Crippen molar-refractivity contribution >= 4 is 27.5 Å². The molecule has 0 radical (unpaired) electrons. The molecular weight excluding hydrogens is 296 g/mol. The second-order valence-electron chi connectivity index (χ2n) is 5.97. The third-order valence-electron chi connectivity index (χ3n) is 4.32. The summed E-state index contributed by atoms with van der Waals surface area (Å²) < 4.78 is 1.17. The number of para-hydroxylation sites is 1. The molecule has 2 aromatic rings. The van der Waals surface area contributed by atoms with Gasteiger partial charge in [0.15, 0.2) is 0 Å². The Bertz CT molecular complexity index is 620. The number of aliphatic hydroxyl groups is 1. The van der Waals surface area contributed by atoms with Gasteiger partial charge in [0.2, 0.25) is 5.91 Å². The highest BCUT2D eigenvalue weighted by atomic mass is 32.1. The monoisotopic (exact) mass is 318 g/mol. The molecule has 0 bridgehead atoms. The van der Waals surface area contributed by atoms with Crippen molar-refractivity contribution in [2.75, 3.05) is 6.54 Å². The molecule has 1 aromatic carbocycles. The molecule has 1 amide bonds. The average Bonchev–Trinajstić information content (AvgIpc) is 2.95.